The van der Waals surface area contributed by atoms with Crippen molar-refractivity contribution in [1.82, 2.24) is 4.98 Å². The van der Waals surface area contributed by atoms with Crippen molar-refractivity contribution < 1.29 is 13.5 Å². The molecule has 1 fully saturated rings. The molecule has 4 nitrogen and oxygen atoms in total. The highest BCUT2D eigenvalue weighted by Gasteiger charge is 2.26. The Kier molecular flexibility index (Phi) is 2.94. The molecule has 0 spiro atoms. The van der Waals surface area contributed by atoms with Gasteiger partial charge in [0.05, 0.1) is 11.2 Å². The van der Waals surface area contributed by atoms with Gasteiger partial charge in [-0.15, -0.1) is 0 Å². The quantitative estimate of drug-likeness (QED) is 0.659. The van der Waals surface area contributed by atoms with Crippen LogP contribution in [0.5, 0.6) is 5.75 Å². The number of nitrogen functional groups attached to an aromatic ring is 1. The number of nitrogens with one attached hydrogen (secondary N) is 1. The number of rotatable bonds is 4. The van der Waals surface area contributed by atoms with Gasteiger partial charge in [-0.3, -0.25) is 10.8 Å². The summed E-state index contributed by atoms with van der Waals surface area (Å²) in [6.45, 7) is -2.84. The molecule has 0 saturated heterocycles. The Labute approximate surface area is 108 Å². The van der Waals surface area contributed by atoms with E-state index in [1.807, 2.05) is 6.07 Å². The van der Waals surface area contributed by atoms with Gasteiger partial charge in [-0.1, -0.05) is 0 Å². The van der Waals surface area contributed by atoms with Gasteiger partial charge in [0, 0.05) is 17.0 Å². The molecular weight excluding hydrogens is 252 g/mol. The minimum atomic E-state index is -2.84. The molecule has 1 heterocycles. The molecule has 2 aromatic rings. The average molecular weight is 265 g/mol. The molecule has 3 rings (SSSR count). The van der Waals surface area contributed by atoms with Crippen molar-refractivity contribution in [3.63, 3.8) is 0 Å². The van der Waals surface area contributed by atoms with Crippen LogP contribution in [0.25, 0.3) is 10.9 Å². The van der Waals surface area contributed by atoms with Crippen molar-refractivity contribution in [1.29, 1.82) is 0 Å². The predicted molar refractivity (Wildman–Crippen MR) is 68.2 cm³/mol. The van der Waals surface area contributed by atoms with Crippen LogP contribution in [0.1, 0.15) is 24.5 Å². The predicted octanol–water partition coefficient (Wildman–Crippen LogP) is 3.00. The number of hydrogen-bond donors (Lipinski definition) is 2. The fraction of sp³-hybridized carbons (Fsp3) is 0.308. The van der Waals surface area contributed by atoms with Crippen LogP contribution in [-0.2, 0) is 0 Å². The van der Waals surface area contributed by atoms with Crippen molar-refractivity contribution in [2.75, 3.05) is 5.43 Å². The van der Waals surface area contributed by atoms with Gasteiger partial charge in [-0.25, -0.2) is 0 Å². The third kappa shape index (κ3) is 2.44. The molecule has 1 aliphatic carbocycles. The Morgan fingerprint density at radius 1 is 1.32 bits per heavy atom. The maximum absolute atomic E-state index is 12.2. The van der Waals surface area contributed by atoms with Gasteiger partial charge in [-0.2, -0.15) is 8.78 Å². The lowest BCUT2D eigenvalue weighted by Crippen LogP contribution is -2.08. The number of benzene rings is 1. The van der Waals surface area contributed by atoms with Crippen LogP contribution in [0.15, 0.2) is 24.3 Å². The first kappa shape index (κ1) is 12.1. The summed E-state index contributed by atoms with van der Waals surface area (Å²) in [6, 6.07) is 6.53. The number of pyridine rings is 1. The summed E-state index contributed by atoms with van der Waals surface area (Å²) < 4.78 is 28.8. The van der Waals surface area contributed by atoms with Gasteiger partial charge in [0.25, 0.3) is 0 Å². The second-order valence-electron chi connectivity index (χ2n) is 4.57. The molecule has 1 aliphatic rings. The summed E-state index contributed by atoms with van der Waals surface area (Å²) in [5.74, 6) is 6.08. The first-order valence-electron chi connectivity index (χ1n) is 6.03. The van der Waals surface area contributed by atoms with Gasteiger partial charge in [-0.05, 0) is 37.1 Å². The summed E-state index contributed by atoms with van der Waals surface area (Å²) in [4.78, 5) is 4.53. The molecule has 1 saturated carbocycles. The number of anilines is 1. The lowest BCUT2D eigenvalue weighted by molar-refractivity contribution is -0.0497. The maximum Gasteiger partial charge on any atom is 0.387 e. The van der Waals surface area contributed by atoms with Crippen LogP contribution < -0.4 is 16.0 Å². The second-order valence-corrected chi connectivity index (χ2v) is 4.57. The lowest BCUT2D eigenvalue weighted by atomic mass is 10.1. The number of ether oxygens (including phenoxy) is 1. The molecular formula is C13H13F2N3O. The van der Waals surface area contributed by atoms with Crippen LogP contribution >= 0.6 is 0 Å². The first-order valence-corrected chi connectivity index (χ1v) is 6.03. The smallest absolute Gasteiger partial charge is 0.387 e. The zero-order valence-corrected chi connectivity index (χ0v) is 10.1. The van der Waals surface area contributed by atoms with Crippen LogP contribution in [0.4, 0.5) is 14.5 Å². The monoisotopic (exact) mass is 265 g/mol. The molecule has 0 atom stereocenters. The number of alkyl halides is 2. The van der Waals surface area contributed by atoms with E-state index in [1.54, 1.807) is 6.07 Å². The van der Waals surface area contributed by atoms with Gasteiger partial charge in [0.2, 0.25) is 0 Å². The van der Waals surface area contributed by atoms with Crippen molar-refractivity contribution in [3.8, 4) is 5.75 Å². The summed E-state index contributed by atoms with van der Waals surface area (Å²) in [5, 5.41) is 0.671. The molecule has 1 aromatic carbocycles. The minimum Gasteiger partial charge on any atom is -0.435 e. The summed E-state index contributed by atoms with van der Waals surface area (Å²) in [6.07, 6.45) is 2.27. The van der Waals surface area contributed by atoms with Crippen LogP contribution in [0, 0.1) is 0 Å². The van der Waals surface area contributed by atoms with E-state index in [4.69, 9.17) is 5.84 Å². The average Bonchev–Trinajstić information content (AvgIpc) is 3.21. The van der Waals surface area contributed by atoms with Crippen molar-refractivity contribution in [2.45, 2.75) is 25.4 Å². The van der Waals surface area contributed by atoms with E-state index in [0.29, 0.717) is 17.0 Å². The largest absolute Gasteiger partial charge is 0.435 e. The van der Waals surface area contributed by atoms with E-state index in [-0.39, 0.29) is 5.75 Å². The fourth-order valence-corrected chi connectivity index (χ4v) is 2.11. The molecule has 0 bridgehead atoms. The summed E-state index contributed by atoms with van der Waals surface area (Å²) >= 11 is 0. The van der Waals surface area contributed by atoms with E-state index < -0.39 is 6.61 Å². The SMILES string of the molecule is NNc1cc(C2CC2)nc2ccc(OC(F)F)cc12. The summed E-state index contributed by atoms with van der Waals surface area (Å²) in [5.41, 5.74) is 4.97. The van der Waals surface area contributed by atoms with Gasteiger partial charge < -0.3 is 10.2 Å². The number of aromatic nitrogens is 1. The van der Waals surface area contributed by atoms with E-state index in [1.165, 1.54) is 12.1 Å². The number of hydrogen-bond acceptors (Lipinski definition) is 4. The van der Waals surface area contributed by atoms with Crippen LogP contribution in [-0.4, -0.2) is 11.6 Å². The Bertz CT molecular complexity index is 614. The topological polar surface area (TPSA) is 60.2 Å². The number of halogens is 2. The molecule has 0 unspecified atom stereocenters. The number of hydrazine groups is 1. The van der Waals surface area contributed by atoms with E-state index in [2.05, 4.69) is 15.1 Å². The van der Waals surface area contributed by atoms with E-state index in [0.717, 1.165) is 24.1 Å². The fourth-order valence-electron chi connectivity index (χ4n) is 2.11. The number of nitrogens with zero attached hydrogens (tertiary/aromatic N) is 1. The molecule has 19 heavy (non-hydrogen) atoms. The van der Waals surface area contributed by atoms with Gasteiger partial charge >= 0.3 is 6.61 Å². The first-order chi connectivity index (χ1) is 9.17. The molecule has 3 N–H and O–H groups in total. The Hall–Kier alpha value is -1.95. The molecule has 0 amide bonds. The maximum atomic E-state index is 12.2. The lowest BCUT2D eigenvalue weighted by Gasteiger charge is -2.10. The molecule has 0 radical (unpaired) electrons. The van der Waals surface area contributed by atoms with Crippen LogP contribution in [0.3, 0.4) is 0 Å². The Balaban J connectivity index is 2.08. The number of nitrogens with two attached hydrogens (primary N) is 1. The molecule has 6 heteroatoms. The molecule has 100 valence electrons. The normalized spacial score (nSPS) is 14.9. The molecule has 0 aliphatic heterocycles. The number of fused-ring (bicyclic) bond motifs is 1. The molecule has 1 aromatic heterocycles. The van der Waals surface area contributed by atoms with E-state index >= 15 is 0 Å². The zero-order chi connectivity index (χ0) is 13.4. The van der Waals surface area contributed by atoms with Crippen LogP contribution in [0.2, 0.25) is 0 Å². The Morgan fingerprint density at radius 2 is 2.11 bits per heavy atom. The van der Waals surface area contributed by atoms with Crippen molar-refractivity contribution in [3.05, 3.63) is 30.0 Å². The Morgan fingerprint density at radius 3 is 2.74 bits per heavy atom. The zero-order valence-electron chi connectivity index (χ0n) is 10.1. The summed E-state index contributed by atoms with van der Waals surface area (Å²) in [7, 11) is 0. The second kappa shape index (κ2) is 4.62. The standard InChI is InChI=1S/C13H13F2N3O/c14-13(15)19-8-3-4-10-9(5-8)12(18-16)6-11(17-10)7-1-2-7/h3-7,13H,1-2,16H2,(H,17,18). The van der Waals surface area contributed by atoms with E-state index in [9.17, 15) is 8.78 Å². The van der Waals surface area contributed by atoms with Gasteiger partial charge in [0.15, 0.2) is 0 Å². The minimum absolute atomic E-state index is 0.0972. The van der Waals surface area contributed by atoms with Crippen molar-refractivity contribution in [2.24, 2.45) is 5.84 Å². The highest BCUT2D eigenvalue weighted by atomic mass is 19.3. The third-order valence-electron chi connectivity index (χ3n) is 3.18. The van der Waals surface area contributed by atoms with Crippen molar-refractivity contribution >= 4 is 16.6 Å². The van der Waals surface area contributed by atoms with Gasteiger partial charge in [0.1, 0.15) is 5.75 Å². The highest BCUT2D eigenvalue weighted by Crippen LogP contribution is 2.41. The third-order valence-corrected chi connectivity index (χ3v) is 3.18. The highest BCUT2D eigenvalue weighted by molar-refractivity contribution is 5.92.